The molecule has 0 bridgehead atoms. The monoisotopic (exact) mass is 266 g/mol. The maximum Gasteiger partial charge on any atom is 0.306 e. The quantitative estimate of drug-likeness (QED) is 0.449. The number of carbonyl (C=O) groups is 1. The normalized spacial score (nSPS) is 11.9. The predicted molar refractivity (Wildman–Crippen MR) is 72.4 cm³/mol. The molecule has 0 heterocycles. The van der Waals surface area contributed by atoms with Gasteiger partial charge < -0.3 is 10.4 Å². The fourth-order valence-electron chi connectivity index (χ4n) is 1.71. The van der Waals surface area contributed by atoms with Crippen molar-refractivity contribution in [2.24, 2.45) is 5.92 Å². The highest BCUT2D eigenvalue weighted by atomic mass is 16.6. The highest BCUT2D eigenvalue weighted by Crippen LogP contribution is 2.25. The molecule has 0 aromatic heterocycles. The van der Waals surface area contributed by atoms with Crippen LogP contribution in [0.1, 0.15) is 25.3 Å². The smallest absolute Gasteiger partial charge is 0.306 e. The molecular formula is C13H18N2O4. The lowest BCUT2D eigenvalue weighted by Gasteiger charge is -2.09. The molecule has 1 atom stereocenters. The van der Waals surface area contributed by atoms with Crippen LogP contribution in [0.3, 0.4) is 0 Å². The first-order valence-electron chi connectivity index (χ1n) is 6.13. The molecule has 0 aliphatic rings. The van der Waals surface area contributed by atoms with Crippen LogP contribution >= 0.6 is 0 Å². The summed E-state index contributed by atoms with van der Waals surface area (Å²) in [6.45, 7) is 4.03. The number of hydrogen-bond acceptors (Lipinski definition) is 4. The Morgan fingerprint density at radius 2 is 2.21 bits per heavy atom. The van der Waals surface area contributed by atoms with Crippen LogP contribution < -0.4 is 5.32 Å². The standard InChI is InChI=1S/C13H18N2O4/c1-9-5-6-12(15(18)19)11(8-9)14-7-3-4-10(2)13(16)17/h5-6,8,10,14H,3-4,7H2,1-2H3,(H,16,17). The van der Waals surface area contributed by atoms with Crippen molar-refractivity contribution in [1.29, 1.82) is 0 Å². The maximum atomic E-state index is 10.9. The van der Waals surface area contributed by atoms with Gasteiger partial charge in [-0.2, -0.15) is 0 Å². The molecule has 1 unspecified atom stereocenters. The fourth-order valence-corrected chi connectivity index (χ4v) is 1.71. The molecule has 0 aliphatic heterocycles. The highest BCUT2D eigenvalue weighted by molar-refractivity contribution is 5.69. The molecule has 19 heavy (non-hydrogen) atoms. The Kier molecular flexibility index (Phi) is 5.29. The van der Waals surface area contributed by atoms with Gasteiger partial charge in [-0.3, -0.25) is 14.9 Å². The van der Waals surface area contributed by atoms with Crippen molar-refractivity contribution in [1.82, 2.24) is 0 Å². The van der Waals surface area contributed by atoms with E-state index >= 15 is 0 Å². The molecule has 1 rings (SSSR count). The lowest BCUT2D eigenvalue weighted by Crippen LogP contribution is -2.12. The van der Waals surface area contributed by atoms with Gasteiger partial charge >= 0.3 is 5.97 Å². The lowest BCUT2D eigenvalue weighted by atomic mass is 10.1. The summed E-state index contributed by atoms with van der Waals surface area (Å²) in [4.78, 5) is 21.1. The van der Waals surface area contributed by atoms with E-state index in [2.05, 4.69) is 5.32 Å². The van der Waals surface area contributed by atoms with E-state index in [1.165, 1.54) is 6.07 Å². The van der Waals surface area contributed by atoms with Gasteiger partial charge in [-0.15, -0.1) is 0 Å². The van der Waals surface area contributed by atoms with Gasteiger partial charge in [0.1, 0.15) is 5.69 Å². The second-order valence-electron chi connectivity index (χ2n) is 4.59. The molecule has 1 aromatic carbocycles. The van der Waals surface area contributed by atoms with Crippen LogP contribution in [0.15, 0.2) is 18.2 Å². The largest absolute Gasteiger partial charge is 0.481 e. The van der Waals surface area contributed by atoms with E-state index in [0.717, 1.165) is 5.56 Å². The van der Waals surface area contributed by atoms with Gasteiger partial charge in [0.05, 0.1) is 10.8 Å². The molecule has 6 nitrogen and oxygen atoms in total. The lowest BCUT2D eigenvalue weighted by molar-refractivity contribution is -0.384. The molecule has 0 radical (unpaired) electrons. The van der Waals surface area contributed by atoms with E-state index in [-0.39, 0.29) is 5.69 Å². The fraction of sp³-hybridized carbons (Fsp3) is 0.462. The van der Waals surface area contributed by atoms with Crippen LogP contribution in [0.5, 0.6) is 0 Å². The Bertz CT molecular complexity index is 474. The first-order valence-corrected chi connectivity index (χ1v) is 6.13. The average Bonchev–Trinajstić information content (AvgIpc) is 2.33. The zero-order chi connectivity index (χ0) is 14.4. The molecule has 1 aromatic rings. The van der Waals surface area contributed by atoms with E-state index in [0.29, 0.717) is 25.1 Å². The molecule has 6 heteroatoms. The number of nitro benzene ring substituents is 1. The number of carboxylic acids is 1. The molecule has 0 aliphatic carbocycles. The Labute approximate surface area is 111 Å². The van der Waals surface area contributed by atoms with Crippen LogP contribution in [-0.4, -0.2) is 22.5 Å². The summed E-state index contributed by atoms with van der Waals surface area (Å²) in [5.74, 6) is -1.21. The van der Waals surface area contributed by atoms with Crippen LogP contribution in [0, 0.1) is 23.0 Å². The van der Waals surface area contributed by atoms with Crippen molar-refractivity contribution >= 4 is 17.3 Å². The third kappa shape index (κ3) is 4.57. The van der Waals surface area contributed by atoms with Crippen LogP contribution in [0.4, 0.5) is 11.4 Å². The highest BCUT2D eigenvalue weighted by Gasteiger charge is 2.13. The molecule has 2 N–H and O–H groups in total. The summed E-state index contributed by atoms with van der Waals surface area (Å²) in [6, 6.07) is 4.88. The van der Waals surface area contributed by atoms with Crippen molar-refractivity contribution in [3.63, 3.8) is 0 Å². The van der Waals surface area contributed by atoms with E-state index in [4.69, 9.17) is 5.11 Å². The molecule has 0 saturated carbocycles. The molecular weight excluding hydrogens is 248 g/mol. The zero-order valence-electron chi connectivity index (χ0n) is 11.0. The van der Waals surface area contributed by atoms with E-state index < -0.39 is 16.8 Å². The molecule has 0 spiro atoms. The maximum absolute atomic E-state index is 10.9. The van der Waals surface area contributed by atoms with Crippen molar-refractivity contribution in [2.75, 3.05) is 11.9 Å². The number of hydrogen-bond donors (Lipinski definition) is 2. The second kappa shape index (κ2) is 6.72. The Morgan fingerprint density at radius 3 is 2.79 bits per heavy atom. The van der Waals surface area contributed by atoms with Gasteiger partial charge in [-0.05, 0) is 31.4 Å². The zero-order valence-corrected chi connectivity index (χ0v) is 11.0. The molecule has 0 saturated heterocycles. The van der Waals surface area contributed by atoms with Gasteiger partial charge in [0.25, 0.3) is 5.69 Å². The van der Waals surface area contributed by atoms with Crippen molar-refractivity contribution < 1.29 is 14.8 Å². The summed E-state index contributed by atoms with van der Waals surface area (Å²) in [5.41, 5.74) is 1.46. The average molecular weight is 266 g/mol. The van der Waals surface area contributed by atoms with E-state index in [9.17, 15) is 14.9 Å². The summed E-state index contributed by atoms with van der Waals surface area (Å²) in [6.07, 6.45) is 1.19. The van der Waals surface area contributed by atoms with Crippen molar-refractivity contribution in [3.05, 3.63) is 33.9 Å². The second-order valence-corrected chi connectivity index (χ2v) is 4.59. The van der Waals surface area contributed by atoms with Gasteiger partial charge in [0.2, 0.25) is 0 Å². The number of aryl methyl sites for hydroxylation is 1. The minimum absolute atomic E-state index is 0.0388. The third-order valence-corrected chi connectivity index (χ3v) is 2.90. The molecule has 104 valence electrons. The van der Waals surface area contributed by atoms with E-state index in [1.54, 1.807) is 19.1 Å². The minimum Gasteiger partial charge on any atom is -0.481 e. The van der Waals surface area contributed by atoms with E-state index in [1.807, 2.05) is 6.92 Å². The number of nitro groups is 1. The van der Waals surface area contributed by atoms with Crippen molar-refractivity contribution in [3.8, 4) is 0 Å². The number of rotatable bonds is 7. The first-order chi connectivity index (χ1) is 8.91. The third-order valence-electron chi connectivity index (χ3n) is 2.90. The number of nitrogens with zero attached hydrogens (tertiary/aromatic N) is 1. The van der Waals surface area contributed by atoms with Crippen LogP contribution in [-0.2, 0) is 4.79 Å². The van der Waals surface area contributed by atoms with Gasteiger partial charge in [-0.1, -0.05) is 13.0 Å². The number of benzene rings is 1. The predicted octanol–water partition coefficient (Wildman–Crippen LogP) is 2.82. The van der Waals surface area contributed by atoms with Gasteiger partial charge in [0.15, 0.2) is 0 Å². The first kappa shape index (κ1) is 14.9. The summed E-state index contributed by atoms with van der Waals surface area (Å²) < 4.78 is 0. The van der Waals surface area contributed by atoms with Crippen LogP contribution in [0.2, 0.25) is 0 Å². The summed E-state index contributed by atoms with van der Waals surface area (Å²) in [7, 11) is 0. The Balaban J connectivity index is 2.55. The van der Waals surface area contributed by atoms with Gasteiger partial charge in [0, 0.05) is 12.6 Å². The number of anilines is 1. The Hall–Kier alpha value is -2.11. The molecule has 0 fully saturated rings. The molecule has 0 amide bonds. The number of nitrogens with one attached hydrogen (secondary N) is 1. The Morgan fingerprint density at radius 1 is 1.53 bits per heavy atom. The number of aliphatic carboxylic acids is 1. The topological polar surface area (TPSA) is 92.5 Å². The van der Waals surface area contributed by atoms with Crippen molar-refractivity contribution in [2.45, 2.75) is 26.7 Å². The van der Waals surface area contributed by atoms with Gasteiger partial charge in [-0.25, -0.2) is 0 Å². The van der Waals surface area contributed by atoms with Crippen LogP contribution in [0.25, 0.3) is 0 Å². The summed E-state index contributed by atoms with van der Waals surface area (Å²) in [5, 5.41) is 22.6. The minimum atomic E-state index is -0.818. The number of carboxylic acid groups (broad SMARTS) is 1. The summed E-state index contributed by atoms with van der Waals surface area (Å²) >= 11 is 0. The SMILES string of the molecule is Cc1ccc([N+](=O)[O-])c(NCCCC(C)C(=O)O)c1.